The molecule has 0 aliphatic rings. The lowest BCUT2D eigenvalue weighted by Gasteiger charge is -2.18. The number of hydrogen-bond acceptors (Lipinski definition) is 2. The quantitative estimate of drug-likeness (QED) is 0.840. The highest BCUT2D eigenvalue weighted by molar-refractivity contribution is 7.94. The van der Waals surface area contributed by atoms with Crippen LogP contribution in [0.15, 0.2) is 64.9 Å². The van der Waals surface area contributed by atoms with Crippen LogP contribution in [0.2, 0.25) is 0 Å². The van der Waals surface area contributed by atoms with Crippen LogP contribution in [-0.4, -0.2) is 8.42 Å². The molecule has 0 amide bonds. The molecule has 2 aromatic rings. The van der Waals surface area contributed by atoms with Gasteiger partial charge in [-0.25, -0.2) is 8.42 Å². The molecule has 0 heterocycles. The van der Waals surface area contributed by atoms with Crippen LogP contribution in [0.25, 0.3) is 6.08 Å². The Hall–Kier alpha value is -1.87. The first kappa shape index (κ1) is 15.5. The van der Waals surface area contributed by atoms with Crippen LogP contribution in [0, 0.1) is 0 Å². The Morgan fingerprint density at radius 2 is 1.43 bits per heavy atom. The van der Waals surface area contributed by atoms with Gasteiger partial charge in [-0.3, -0.25) is 0 Å². The zero-order chi connectivity index (χ0) is 15.5. The third-order valence-electron chi connectivity index (χ3n) is 3.29. The van der Waals surface area contributed by atoms with Gasteiger partial charge in [0.05, 0.1) is 4.90 Å². The van der Waals surface area contributed by atoms with Crippen LogP contribution in [0.1, 0.15) is 31.9 Å². The van der Waals surface area contributed by atoms with Crippen LogP contribution < -0.4 is 0 Å². The van der Waals surface area contributed by atoms with E-state index in [1.807, 2.05) is 42.5 Å². The number of sulfone groups is 1. The van der Waals surface area contributed by atoms with Gasteiger partial charge in [-0.05, 0) is 34.8 Å². The van der Waals surface area contributed by atoms with Crippen LogP contribution >= 0.6 is 0 Å². The largest absolute Gasteiger partial charge is 0.219 e. The maximum atomic E-state index is 12.3. The molecule has 2 nitrogen and oxygen atoms in total. The summed E-state index contributed by atoms with van der Waals surface area (Å²) in [4.78, 5) is 0.322. The van der Waals surface area contributed by atoms with Crippen molar-refractivity contribution in [1.82, 2.24) is 0 Å². The molecule has 0 spiro atoms. The Kier molecular flexibility index (Phi) is 4.33. The molecule has 0 radical (unpaired) electrons. The molecule has 0 N–H and O–H groups in total. The summed E-state index contributed by atoms with van der Waals surface area (Å²) >= 11 is 0. The highest BCUT2D eigenvalue weighted by Crippen LogP contribution is 2.24. The van der Waals surface area contributed by atoms with Crippen LogP contribution in [0.5, 0.6) is 0 Å². The van der Waals surface area contributed by atoms with Crippen molar-refractivity contribution >= 4 is 15.9 Å². The Labute approximate surface area is 127 Å². The Morgan fingerprint density at radius 3 is 1.95 bits per heavy atom. The monoisotopic (exact) mass is 300 g/mol. The van der Waals surface area contributed by atoms with Gasteiger partial charge < -0.3 is 0 Å². The van der Waals surface area contributed by atoms with Crippen molar-refractivity contribution in [1.29, 1.82) is 0 Å². The molecule has 110 valence electrons. The minimum absolute atomic E-state index is 0.0160. The SMILES string of the molecule is CC(C)(C)c1ccc(S(=O)(=O)/C=C/c2ccccc2)cc1. The van der Waals surface area contributed by atoms with E-state index in [1.54, 1.807) is 18.2 Å². The van der Waals surface area contributed by atoms with Crippen molar-refractivity contribution in [2.45, 2.75) is 31.1 Å². The van der Waals surface area contributed by atoms with Crippen LogP contribution in [-0.2, 0) is 15.3 Å². The molecule has 0 atom stereocenters. The summed E-state index contributed by atoms with van der Waals surface area (Å²) in [6.45, 7) is 6.31. The average Bonchev–Trinajstić information content (AvgIpc) is 2.46. The van der Waals surface area contributed by atoms with Gasteiger partial charge in [-0.1, -0.05) is 63.2 Å². The molecular formula is C18H20O2S. The van der Waals surface area contributed by atoms with Gasteiger partial charge in [0.2, 0.25) is 0 Å². The predicted molar refractivity (Wildman–Crippen MR) is 87.8 cm³/mol. The van der Waals surface area contributed by atoms with Crippen molar-refractivity contribution < 1.29 is 8.42 Å². The summed E-state index contributed by atoms with van der Waals surface area (Å²) in [6, 6.07) is 16.5. The third kappa shape index (κ3) is 4.05. The van der Waals surface area contributed by atoms with Crippen molar-refractivity contribution in [3.63, 3.8) is 0 Å². The van der Waals surface area contributed by atoms with Gasteiger partial charge in [0, 0.05) is 5.41 Å². The zero-order valence-electron chi connectivity index (χ0n) is 12.6. The first-order valence-corrected chi connectivity index (χ1v) is 8.42. The van der Waals surface area contributed by atoms with E-state index in [2.05, 4.69) is 20.8 Å². The van der Waals surface area contributed by atoms with E-state index in [9.17, 15) is 8.42 Å². The Balaban J connectivity index is 2.26. The van der Waals surface area contributed by atoms with E-state index in [1.165, 1.54) is 5.41 Å². The molecule has 3 heteroatoms. The zero-order valence-corrected chi connectivity index (χ0v) is 13.4. The molecule has 2 aromatic carbocycles. The summed E-state index contributed by atoms with van der Waals surface area (Å²) in [5.41, 5.74) is 2.00. The molecule has 21 heavy (non-hydrogen) atoms. The second-order valence-electron chi connectivity index (χ2n) is 6.03. The summed E-state index contributed by atoms with van der Waals surface area (Å²) in [6.07, 6.45) is 1.62. The number of hydrogen-bond donors (Lipinski definition) is 0. The Bertz CT molecular complexity index is 719. The molecular weight excluding hydrogens is 280 g/mol. The van der Waals surface area contributed by atoms with Gasteiger partial charge in [0.15, 0.2) is 9.84 Å². The highest BCUT2D eigenvalue weighted by atomic mass is 32.2. The minimum Gasteiger partial charge on any atom is -0.219 e. The van der Waals surface area contributed by atoms with E-state index in [-0.39, 0.29) is 5.41 Å². The molecule has 0 saturated heterocycles. The second-order valence-corrected chi connectivity index (χ2v) is 7.87. The van der Waals surface area contributed by atoms with E-state index in [4.69, 9.17) is 0 Å². The first-order chi connectivity index (χ1) is 9.79. The summed E-state index contributed by atoms with van der Waals surface area (Å²) in [7, 11) is -3.40. The smallest absolute Gasteiger partial charge is 0.199 e. The maximum absolute atomic E-state index is 12.3. The summed E-state index contributed by atoms with van der Waals surface area (Å²) in [5, 5.41) is 1.26. The van der Waals surface area contributed by atoms with Gasteiger partial charge in [-0.15, -0.1) is 0 Å². The van der Waals surface area contributed by atoms with E-state index in [0.717, 1.165) is 11.1 Å². The lowest BCUT2D eigenvalue weighted by molar-refractivity contribution is 0.588. The van der Waals surface area contributed by atoms with Gasteiger partial charge >= 0.3 is 0 Å². The standard InChI is InChI=1S/C18H20O2S/c1-18(2,3)16-9-11-17(12-10-16)21(19,20)14-13-15-7-5-4-6-8-15/h4-14H,1-3H3/b14-13+. The van der Waals surface area contributed by atoms with E-state index >= 15 is 0 Å². The lowest BCUT2D eigenvalue weighted by atomic mass is 9.87. The molecule has 0 saturated carbocycles. The van der Waals surface area contributed by atoms with E-state index in [0.29, 0.717) is 4.90 Å². The van der Waals surface area contributed by atoms with Gasteiger partial charge in [0.25, 0.3) is 0 Å². The molecule has 0 fully saturated rings. The number of rotatable bonds is 3. The average molecular weight is 300 g/mol. The number of benzene rings is 2. The van der Waals surface area contributed by atoms with Crippen molar-refractivity contribution in [3.05, 3.63) is 71.1 Å². The molecule has 0 aromatic heterocycles. The summed E-state index contributed by atoms with van der Waals surface area (Å²) < 4.78 is 24.6. The molecule has 0 aliphatic carbocycles. The predicted octanol–water partition coefficient (Wildman–Crippen LogP) is 4.43. The van der Waals surface area contributed by atoms with Crippen LogP contribution in [0.4, 0.5) is 0 Å². The molecule has 0 unspecified atom stereocenters. The summed E-state index contributed by atoms with van der Waals surface area (Å²) in [5.74, 6) is 0. The fourth-order valence-electron chi connectivity index (χ4n) is 1.96. The van der Waals surface area contributed by atoms with Crippen molar-refractivity contribution in [2.75, 3.05) is 0 Å². The topological polar surface area (TPSA) is 34.1 Å². The van der Waals surface area contributed by atoms with Gasteiger partial charge in [-0.2, -0.15) is 0 Å². The minimum atomic E-state index is -3.40. The molecule has 0 bridgehead atoms. The highest BCUT2D eigenvalue weighted by Gasteiger charge is 2.15. The normalized spacial score (nSPS) is 12.7. The Morgan fingerprint density at radius 1 is 0.857 bits per heavy atom. The van der Waals surface area contributed by atoms with Crippen molar-refractivity contribution in [2.24, 2.45) is 0 Å². The fraction of sp³-hybridized carbons (Fsp3) is 0.222. The molecule has 0 aliphatic heterocycles. The van der Waals surface area contributed by atoms with Crippen molar-refractivity contribution in [3.8, 4) is 0 Å². The first-order valence-electron chi connectivity index (χ1n) is 6.88. The second kappa shape index (κ2) is 5.86. The van der Waals surface area contributed by atoms with Gasteiger partial charge in [0.1, 0.15) is 0 Å². The van der Waals surface area contributed by atoms with Crippen LogP contribution in [0.3, 0.4) is 0 Å². The molecule has 2 rings (SSSR count). The lowest BCUT2D eigenvalue weighted by Crippen LogP contribution is -2.11. The fourth-order valence-corrected chi connectivity index (χ4v) is 2.96. The third-order valence-corrected chi connectivity index (χ3v) is 4.71. The van der Waals surface area contributed by atoms with E-state index < -0.39 is 9.84 Å². The maximum Gasteiger partial charge on any atom is 0.199 e.